The maximum absolute atomic E-state index is 12.6. The van der Waals surface area contributed by atoms with Crippen LogP contribution in [0.3, 0.4) is 0 Å². The Kier molecular flexibility index (Phi) is 5.61. The van der Waals surface area contributed by atoms with Crippen LogP contribution in [-0.4, -0.2) is 33.4 Å². The maximum Gasteiger partial charge on any atom is 0.255 e. The lowest BCUT2D eigenvalue weighted by Crippen LogP contribution is -2.27. The minimum atomic E-state index is -0.185. The minimum Gasteiger partial charge on any atom is -0.355 e. The molecule has 0 saturated carbocycles. The lowest BCUT2D eigenvalue weighted by Gasteiger charge is -2.09. The third-order valence-electron chi connectivity index (χ3n) is 4.03. The zero-order valence-electron chi connectivity index (χ0n) is 15.3. The first-order valence-electron chi connectivity index (χ1n) is 8.71. The second-order valence-corrected chi connectivity index (χ2v) is 6.10. The van der Waals surface area contributed by atoms with Crippen molar-refractivity contribution in [2.24, 2.45) is 0 Å². The average Bonchev–Trinajstić information content (AvgIpc) is 3.11. The highest BCUT2D eigenvalue weighted by molar-refractivity contribution is 6.05. The Labute approximate surface area is 157 Å². The van der Waals surface area contributed by atoms with Gasteiger partial charge in [0.1, 0.15) is 12.2 Å². The zero-order valence-corrected chi connectivity index (χ0v) is 15.3. The number of hydrogen-bond acceptors (Lipinski definition) is 4. The molecule has 0 aliphatic rings. The van der Waals surface area contributed by atoms with Gasteiger partial charge in [-0.25, -0.2) is 4.68 Å². The Morgan fingerprint density at radius 2 is 1.89 bits per heavy atom. The first-order valence-corrected chi connectivity index (χ1v) is 8.71. The van der Waals surface area contributed by atoms with Crippen LogP contribution in [0.25, 0.3) is 11.3 Å². The van der Waals surface area contributed by atoms with Gasteiger partial charge < -0.3 is 10.6 Å². The van der Waals surface area contributed by atoms with E-state index in [1.54, 1.807) is 12.3 Å². The minimum absolute atomic E-state index is 0.105. The molecule has 0 aliphatic heterocycles. The fraction of sp³-hybridized carbons (Fsp3) is 0.200. The van der Waals surface area contributed by atoms with Crippen LogP contribution >= 0.6 is 0 Å². The molecule has 27 heavy (non-hydrogen) atoms. The molecule has 3 rings (SSSR count). The lowest BCUT2D eigenvalue weighted by molar-refractivity contribution is -0.121. The van der Waals surface area contributed by atoms with E-state index in [9.17, 15) is 9.59 Å². The van der Waals surface area contributed by atoms with E-state index in [4.69, 9.17) is 0 Å². The molecule has 138 valence electrons. The average molecular weight is 363 g/mol. The van der Waals surface area contributed by atoms with Gasteiger partial charge in [0, 0.05) is 23.4 Å². The molecule has 2 aromatic carbocycles. The number of para-hydroxylation sites is 1. The fourth-order valence-electron chi connectivity index (χ4n) is 2.65. The molecule has 0 unspecified atom stereocenters. The summed E-state index contributed by atoms with van der Waals surface area (Å²) in [5, 5.41) is 13.7. The van der Waals surface area contributed by atoms with Crippen molar-refractivity contribution in [2.75, 3.05) is 11.9 Å². The number of likely N-dealkylation sites (N-methyl/N-ethyl adjacent to an activating group) is 1. The van der Waals surface area contributed by atoms with Crippen LogP contribution in [0.15, 0.2) is 54.7 Å². The Hall–Kier alpha value is -3.48. The van der Waals surface area contributed by atoms with Crippen molar-refractivity contribution in [3.63, 3.8) is 0 Å². The van der Waals surface area contributed by atoms with E-state index in [2.05, 4.69) is 20.9 Å². The number of hydrogen-bond donors (Lipinski definition) is 2. The van der Waals surface area contributed by atoms with E-state index >= 15 is 0 Å². The number of aryl methyl sites for hydroxylation is 1. The van der Waals surface area contributed by atoms with Crippen molar-refractivity contribution in [1.29, 1.82) is 0 Å². The number of rotatable bonds is 6. The first-order chi connectivity index (χ1) is 13.1. The highest BCUT2D eigenvalue weighted by Crippen LogP contribution is 2.21. The molecular formula is C20H21N5O2. The highest BCUT2D eigenvalue weighted by Gasteiger charge is 2.13. The fourth-order valence-corrected chi connectivity index (χ4v) is 2.65. The second-order valence-electron chi connectivity index (χ2n) is 6.10. The summed E-state index contributed by atoms with van der Waals surface area (Å²) in [5.74, 6) is -0.309. The van der Waals surface area contributed by atoms with Gasteiger partial charge in [-0.2, -0.15) is 0 Å². The van der Waals surface area contributed by atoms with Crippen molar-refractivity contribution < 1.29 is 9.59 Å². The van der Waals surface area contributed by atoms with Gasteiger partial charge in [-0.3, -0.25) is 9.59 Å². The van der Waals surface area contributed by atoms with E-state index in [1.807, 2.05) is 56.3 Å². The molecular weight excluding hydrogens is 342 g/mol. The van der Waals surface area contributed by atoms with Gasteiger partial charge in [-0.1, -0.05) is 35.5 Å². The van der Waals surface area contributed by atoms with Gasteiger partial charge in [0.2, 0.25) is 5.91 Å². The van der Waals surface area contributed by atoms with Crippen LogP contribution in [0.1, 0.15) is 22.8 Å². The number of carbonyl (C=O) groups is 2. The zero-order chi connectivity index (χ0) is 19.2. The molecule has 0 radical (unpaired) electrons. The monoisotopic (exact) mass is 363 g/mol. The summed E-state index contributed by atoms with van der Waals surface area (Å²) in [6.45, 7) is 4.42. The van der Waals surface area contributed by atoms with E-state index in [-0.39, 0.29) is 18.4 Å². The summed E-state index contributed by atoms with van der Waals surface area (Å²) < 4.78 is 1.48. The highest BCUT2D eigenvalue weighted by atomic mass is 16.2. The molecule has 2 N–H and O–H groups in total. The number of nitrogens with one attached hydrogen (secondary N) is 2. The summed E-state index contributed by atoms with van der Waals surface area (Å²) >= 11 is 0. The van der Waals surface area contributed by atoms with Crippen LogP contribution in [0.4, 0.5) is 5.69 Å². The Balaban J connectivity index is 1.80. The summed E-state index contributed by atoms with van der Waals surface area (Å²) in [6, 6.07) is 14.8. The first kappa shape index (κ1) is 18.3. The molecule has 0 aliphatic carbocycles. The van der Waals surface area contributed by atoms with Crippen LogP contribution < -0.4 is 10.6 Å². The Bertz CT molecular complexity index is 950. The van der Waals surface area contributed by atoms with E-state index in [1.165, 1.54) is 4.68 Å². The van der Waals surface area contributed by atoms with Crippen molar-refractivity contribution in [3.8, 4) is 11.3 Å². The summed E-state index contributed by atoms with van der Waals surface area (Å²) in [7, 11) is 0. The van der Waals surface area contributed by atoms with Crippen LogP contribution in [0, 0.1) is 6.92 Å². The second kappa shape index (κ2) is 8.27. The number of amides is 2. The summed E-state index contributed by atoms with van der Waals surface area (Å²) in [5.41, 5.74) is 3.53. The normalized spacial score (nSPS) is 10.4. The van der Waals surface area contributed by atoms with Gasteiger partial charge in [-0.05, 0) is 37.6 Å². The molecule has 0 atom stereocenters. The largest absolute Gasteiger partial charge is 0.355 e. The molecule has 0 spiro atoms. The molecule has 0 saturated heterocycles. The SMILES string of the molecule is CCNC(=O)Cn1cc(-c2ccc(C)c(C(=O)Nc3ccccc3)c2)nn1. The third-order valence-corrected chi connectivity index (χ3v) is 4.03. The number of anilines is 1. The van der Waals surface area contributed by atoms with Crippen molar-refractivity contribution in [2.45, 2.75) is 20.4 Å². The molecule has 1 heterocycles. The smallest absolute Gasteiger partial charge is 0.255 e. The molecule has 1 aromatic heterocycles. The topological polar surface area (TPSA) is 88.9 Å². The quantitative estimate of drug-likeness (QED) is 0.705. The van der Waals surface area contributed by atoms with E-state index in [0.717, 1.165) is 16.8 Å². The van der Waals surface area contributed by atoms with Gasteiger partial charge in [0.25, 0.3) is 5.91 Å². The number of nitrogens with zero attached hydrogens (tertiary/aromatic N) is 3. The molecule has 3 aromatic rings. The van der Waals surface area contributed by atoms with Gasteiger partial charge >= 0.3 is 0 Å². The predicted molar refractivity (Wildman–Crippen MR) is 103 cm³/mol. The molecule has 0 bridgehead atoms. The Morgan fingerprint density at radius 1 is 1.11 bits per heavy atom. The molecule has 7 heteroatoms. The maximum atomic E-state index is 12.6. The van der Waals surface area contributed by atoms with Crippen molar-refractivity contribution >= 4 is 17.5 Å². The van der Waals surface area contributed by atoms with E-state index < -0.39 is 0 Å². The van der Waals surface area contributed by atoms with Gasteiger partial charge in [0.15, 0.2) is 0 Å². The predicted octanol–water partition coefficient (Wildman–Crippen LogP) is 2.64. The third kappa shape index (κ3) is 4.58. The van der Waals surface area contributed by atoms with Gasteiger partial charge in [0.05, 0.1) is 6.20 Å². The molecule has 2 amide bonds. The molecule has 0 fully saturated rings. The summed E-state index contributed by atoms with van der Waals surface area (Å²) in [6.07, 6.45) is 1.69. The van der Waals surface area contributed by atoms with Crippen molar-refractivity contribution in [1.82, 2.24) is 20.3 Å². The number of benzene rings is 2. The van der Waals surface area contributed by atoms with Crippen LogP contribution in [-0.2, 0) is 11.3 Å². The van der Waals surface area contributed by atoms with E-state index in [0.29, 0.717) is 17.8 Å². The van der Waals surface area contributed by atoms with Crippen LogP contribution in [0.2, 0.25) is 0 Å². The summed E-state index contributed by atoms with van der Waals surface area (Å²) in [4.78, 5) is 24.3. The van der Waals surface area contributed by atoms with Gasteiger partial charge in [-0.15, -0.1) is 5.10 Å². The molecule has 7 nitrogen and oxygen atoms in total. The standard InChI is InChI=1S/C20H21N5O2/c1-3-21-19(26)13-25-12-18(23-24-25)15-10-9-14(2)17(11-15)20(27)22-16-7-5-4-6-8-16/h4-12H,3,13H2,1-2H3,(H,21,26)(H,22,27). The number of carbonyl (C=O) groups excluding carboxylic acids is 2. The van der Waals surface area contributed by atoms with Crippen LogP contribution in [0.5, 0.6) is 0 Å². The Morgan fingerprint density at radius 3 is 2.63 bits per heavy atom. The number of aromatic nitrogens is 3. The lowest BCUT2D eigenvalue weighted by atomic mass is 10.0. The van der Waals surface area contributed by atoms with Crippen molar-refractivity contribution in [3.05, 3.63) is 65.9 Å².